The van der Waals surface area contributed by atoms with Gasteiger partial charge in [0.2, 0.25) is 0 Å². The van der Waals surface area contributed by atoms with Gasteiger partial charge in [-0.3, -0.25) is 4.79 Å². The Morgan fingerprint density at radius 3 is 2.50 bits per heavy atom. The maximum Gasteiger partial charge on any atom is 0.186 e. The molecule has 2 rings (SSSR count). The molecule has 3 heteroatoms. The van der Waals surface area contributed by atoms with Crippen LogP contribution in [0.25, 0.3) is 6.08 Å². The molecule has 102 valence electrons. The van der Waals surface area contributed by atoms with Gasteiger partial charge in [-0.25, -0.2) is 0 Å². The molecule has 0 aliphatic rings. The summed E-state index contributed by atoms with van der Waals surface area (Å²) in [6, 6.07) is 11.0. The molecule has 2 aromatic carbocycles. The molecular weight excluding hydrogens is 291 g/mol. The average molecular weight is 305 g/mol. The molecule has 0 aromatic heterocycles. The second-order valence-electron chi connectivity index (χ2n) is 4.68. The Labute approximate surface area is 128 Å². The van der Waals surface area contributed by atoms with Crippen molar-refractivity contribution in [2.24, 2.45) is 0 Å². The number of aryl methyl sites for hydroxylation is 2. The fourth-order valence-corrected chi connectivity index (χ4v) is 2.36. The summed E-state index contributed by atoms with van der Waals surface area (Å²) in [5, 5.41) is 1.11. The van der Waals surface area contributed by atoms with E-state index in [1.54, 1.807) is 24.3 Å². The van der Waals surface area contributed by atoms with Gasteiger partial charge in [-0.2, -0.15) is 0 Å². The van der Waals surface area contributed by atoms with E-state index in [-0.39, 0.29) is 5.78 Å². The molecule has 0 radical (unpaired) electrons. The number of hydrogen-bond donors (Lipinski definition) is 0. The lowest BCUT2D eigenvalue weighted by atomic mass is 10.0. The summed E-state index contributed by atoms with van der Waals surface area (Å²) in [7, 11) is 0. The molecule has 0 saturated heterocycles. The summed E-state index contributed by atoms with van der Waals surface area (Å²) in [6.07, 6.45) is 3.25. The predicted octanol–water partition coefficient (Wildman–Crippen LogP) is 5.51. The van der Waals surface area contributed by atoms with Crippen LogP contribution >= 0.6 is 23.2 Å². The van der Waals surface area contributed by atoms with Crippen LogP contribution in [0.15, 0.2) is 42.5 Å². The highest BCUT2D eigenvalue weighted by molar-refractivity contribution is 6.35. The van der Waals surface area contributed by atoms with Crippen LogP contribution in [0.3, 0.4) is 0 Å². The number of halogens is 2. The van der Waals surface area contributed by atoms with Gasteiger partial charge in [0.1, 0.15) is 0 Å². The Morgan fingerprint density at radius 2 is 1.80 bits per heavy atom. The van der Waals surface area contributed by atoms with Crippen LogP contribution in [0, 0.1) is 13.8 Å². The summed E-state index contributed by atoms with van der Waals surface area (Å²) in [4.78, 5) is 12.2. The summed E-state index contributed by atoms with van der Waals surface area (Å²) in [6.45, 7) is 3.89. The van der Waals surface area contributed by atoms with E-state index < -0.39 is 0 Å². The van der Waals surface area contributed by atoms with Gasteiger partial charge in [0.25, 0.3) is 0 Å². The van der Waals surface area contributed by atoms with Crippen LogP contribution in [0.5, 0.6) is 0 Å². The highest BCUT2D eigenvalue weighted by Gasteiger charge is 2.06. The summed E-state index contributed by atoms with van der Waals surface area (Å²) >= 11 is 11.9. The number of hydrogen-bond acceptors (Lipinski definition) is 1. The Hall–Kier alpha value is -1.57. The first-order valence-corrected chi connectivity index (χ1v) is 6.97. The molecule has 20 heavy (non-hydrogen) atoms. The van der Waals surface area contributed by atoms with Crippen molar-refractivity contribution in [3.05, 3.63) is 74.8 Å². The second kappa shape index (κ2) is 6.25. The van der Waals surface area contributed by atoms with Crippen molar-refractivity contribution in [2.45, 2.75) is 13.8 Å². The lowest BCUT2D eigenvalue weighted by molar-refractivity contribution is 0.104. The van der Waals surface area contributed by atoms with Crippen molar-refractivity contribution in [3.8, 4) is 0 Å². The normalized spacial score (nSPS) is 11.0. The molecule has 1 nitrogen and oxygen atoms in total. The average Bonchev–Trinajstić information content (AvgIpc) is 2.40. The van der Waals surface area contributed by atoms with Crippen LogP contribution in [0.1, 0.15) is 27.0 Å². The van der Waals surface area contributed by atoms with E-state index in [9.17, 15) is 4.79 Å². The zero-order chi connectivity index (χ0) is 14.7. The molecule has 0 N–H and O–H groups in total. The van der Waals surface area contributed by atoms with Gasteiger partial charge in [0, 0.05) is 15.6 Å². The monoisotopic (exact) mass is 304 g/mol. The van der Waals surface area contributed by atoms with Crippen molar-refractivity contribution >= 4 is 35.1 Å². The molecule has 0 aliphatic heterocycles. The van der Waals surface area contributed by atoms with Gasteiger partial charge in [0.05, 0.1) is 0 Å². The second-order valence-corrected chi connectivity index (χ2v) is 5.53. The minimum absolute atomic E-state index is 0.0304. The Morgan fingerprint density at radius 1 is 1.05 bits per heavy atom. The number of rotatable bonds is 3. The summed E-state index contributed by atoms with van der Waals surface area (Å²) in [5.74, 6) is -0.0304. The Bertz CT molecular complexity index is 687. The Balaban J connectivity index is 2.27. The van der Waals surface area contributed by atoms with E-state index in [2.05, 4.69) is 0 Å². The van der Waals surface area contributed by atoms with Gasteiger partial charge in [-0.05, 0) is 55.3 Å². The summed E-state index contributed by atoms with van der Waals surface area (Å²) < 4.78 is 0. The maximum atomic E-state index is 12.2. The van der Waals surface area contributed by atoms with Crippen LogP contribution in [0.2, 0.25) is 10.0 Å². The molecule has 0 aliphatic carbocycles. The van der Waals surface area contributed by atoms with E-state index in [1.807, 2.05) is 32.0 Å². The molecule has 2 aromatic rings. The number of carbonyl (C=O) groups is 1. The zero-order valence-electron chi connectivity index (χ0n) is 11.3. The minimum atomic E-state index is -0.0304. The maximum absolute atomic E-state index is 12.2. The van der Waals surface area contributed by atoms with Crippen molar-refractivity contribution in [1.29, 1.82) is 0 Å². The zero-order valence-corrected chi connectivity index (χ0v) is 12.8. The smallest absolute Gasteiger partial charge is 0.186 e. The van der Waals surface area contributed by atoms with Gasteiger partial charge >= 0.3 is 0 Å². The number of carbonyl (C=O) groups excluding carboxylic acids is 1. The van der Waals surface area contributed by atoms with Crippen LogP contribution in [-0.2, 0) is 0 Å². The Kier molecular flexibility index (Phi) is 4.64. The molecular formula is C17H14Cl2O. The van der Waals surface area contributed by atoms with Crippen molar-refractivity contribution in [1.82, 2.24) is 0 Å². The van der Waals surface area contributed by atoms with Crippen LogP contribution in [0.4, 0.5) is 0 Å². The van der Waals surface area contributed by atoms with Gasteiger partial charge in [-0.1, -0.05) is 47.0 Å². The van der Waals surface area contributed by atoms with E-state index in [1.165, 1.54) is 6.08 Å². The van der Waals surface area contributed by atoms with Crippen molar-refractivity contribution < 1.29 is 4.79 Å². The van der Waals surface area contributed by atoms with E-state index in [0.29, 0.717) is 15.6 Å². The van der Waals surface area contributed by atoms with Crippen molar-refractivity contribution in [2.75, 3.05) is 0 Å². The highest BCUT2D eigenvalue weighted by atomic mass is 35.5. The third-order valence-electron chi connectivity index (χ3n) is 3.04. The molecule has 0 amide bonds. The molecule has 0 atom stereocenters. The van der Waals surface area contributed by atoms with Gasteiger partial charge in [0.15, 0.2) is 5.78 Å². The fraction of sp³-hybridized carbons (Fsp3) is 0.118. The number of allylic oxidation sites excluding steroid dienone is 1. The SMILES string of the molecule is Cc1ccc(C)c(C(=O)C=Cc2ccc(Cl)cc2Cl)c1. The third-order valence-corrected chi connectivity index (χ3v) is 3.60. The first-order chi connectivity index (χ1) is 9.47. The van der Waals surface area contributed by atoms with Crippen molar-refractivity contribution in [3.63, 3.8) is 0 Å². The largest absolute Gasteiger partial charge is 0.289 e. The van der Waals surface area contributed by atoms with E-state index >= 15 is 0 Å². The fourth-order valence-electron chi connectivity index (χ4n) is 1.89. The highest BCUT2D eigenvalue weighted by Crippen LogP contribution is 2.22. The molecule has 0 spiro atoms. The van der Waals surface area contributed by atoms with Gasteiger partial charge in [-0.15, -0.1) is 0 Å². The lowest BCUT2D eigenvalue weighted by Gasteiger charge is -2.03. The first-order valence-electron chi connectivity index (χ1n) is 6.22. The molecule has 0 unspecified atom stereocenters. The standard InChI is InChI=1S/C17H14Cl2O/c1-11-3-4-12(2)15(9-11)17(20)8-6-13-5-7-14(18)10-16(13)19/h3-10H,1-2H3. The molecule has 0 fully saturated rings. The van der Waals surface area contributed by atoms with Gasteiger partial charge < -0.3 is 0 Å². The first kappa shape index (κ1) is 14.8. The predicted molar refractivity (Wildman–Crippen MR) is 85.7 cm³/mol. The minimum Gasteiger partial charge on any atom is -0.289 e. The molecule has 0 bridgehead atoms. The number of ketones is 1. The molecule has 0 heterocycles. The van der Waals surface area contributed by atoms with E-state index in [4.69, 9.17) is 23.2 Å². The topological polar surface area (TPSA) is 17.1 Å². The number of benzene rings is 2. The van der Waals surface area contributed by atoms with Crippen LogP contribution < -0.4 is 0 Å². The summed E-state index contributed by atoms with van der Waals surface area (Å²) in [5.41, 5.74) is 3.52. The van der Waals surface area contributed by atoms with E-state index in [0.717, 1.165) is 16.7 Å². The molecule has 0 saturated carbocycles. The quantitative estimate of drug-likeness (QED) is 0.540. The lowest BCUT2D eigenvalue weighted by Crippen LogP contribution is -1.98. The van der Waals surface area contributed by atoms with Crippen LogP contribution in [-0.4, -0.2) is 5.78 Å². The third kappa shape index (κ3) is 3.50.